The fourth-order valence-corrected chi connectivity index (χ4v) is 4.53. The highest BCUT2D eigenvalue weighted by Gasteiger charge is 2.35. The van der Waals surface area contributed by atoms with Crippen LogP contribution >= 0.6 is 11.6 Å². The van der Waals surface area contributed by atoms with Gasteiger partial charge in [-0.3, -0.25) is 9.59 Å². The van der Waals surface area contributed by atoms with Gasteiger partial charge in [-0.2, -0.15) is 0 Å². The van der Waals surface area contributed by atoms with Crippen molar-refractivity contribution in [2.24, 2.45) is 9.98 Å². The highest BCUT2D eigenvalue weighted by molar-refractivity contribution is 6.32. The number of aliphatic hydroxyl groups excluding tert-OH is 1. The Morgan fingerprint density at radius 3 is 2.67 bits per heavy atom. The van der Waals surface area contributed by atoms with Gasteiger partial charge in [0.1, 0.15) is 11.9 Å². The predicted octanol–water partition coefficient (Wildman–Crippen LogP) is 2.31. The molecule has 1 fully saturated rings. The first-order valence-electron chi connectivity index (χ1n) is 12.9. The number of nitrogens with one attached hydrogen (secondary N) is 2. The second-order valence-electron chi connectivity index (χ2n) is 9.89. The summed E-state index contributed by atoms with van der Waals surface area (Å²) in [6.07, 6.45) is 0. The molecule has 11 nitrogen and oxygen atoms in total. The largest absolute Gasteiger partial charge is 0.394 e. The number of pyridine rings is 1. The molecule has 0 unspecified atom stereocenters. The molecule has 4 rings (SSSR count). The molecule has 2 aromatic rings. The number of carbonyl (C=O) groups is 2. The molecule has 212 valence electrons. The maximum atomic E-state index is 13.4. The Kier molecular flexibility index (Phi) is 9.18. The average molecular weight is 568 g/mol. The number of aliphatic hydroxyl groups is 1. The molecule has 3 heterocycles. The molecule has 12 heteroatoms. The zero-order chi connectivity index (χ0) is 29.0. The van der Waals surface area contributed by atoms with E-state index in [4.69, 9.17) is 16.3 Å². The van der Waals surface area contributed by atoms with Gasteiger partial charge in [-0.25, -0.2) is 15.0 Å². The normalized spacial score (nSPS) is 17.4. The molecule has 1 aromatic heterocycles. The van der Waals surface area contributed by atoms with Crippen LogP contribution in [-0.2, 0) is 16.1 Å². The first kappa shape index (κ1) is 29.2. The molecule has 0 saturated carbocycles. The zero-order valence-corrected chi connectivity index (χ0v) is 23.8. The van der Waals surface area contributed by atoms with E-state index in [1.165, 1.54) is 4.90 Å². The minimum Gasteiger partial charge on any atom is -0.394 e. The Balaban J connectivity index is 1.50. The first-order valence-corrected chi connectivity index (χ1v) is 13.3. The van der Waals surface area contributed by atoms with E-state index in [1.54, 1.807) is 26.0 Å². The number of benzene rings is 1. The molecule has 2 aliphatic rings. The van der Waals surface area contributed by atoms with Crippen molar-refractivity contribution >= 4 is 47.6 Å². The molecule has 1 saturated heterocycles. The molecule has 2 atom stereocenters. The van der Waals surface area contributed by atoms with Gasteiger partial charge in [0.05, 0.1) is 43.3 Å². The van der Waals surface area contributed by atoms with Crippen LogP contribution in [0.4, 0.5) is 5.82 Å². The van der Waals surface area contributed by atoms with Crippen molar-refractivity contribution in [2.45, 2.75) is 38.5 Å². The number of hydrogen-bond acceptors (Lipinski definition) is 7. The van der Waals surface area contributed by atoms with Gasteiger partial charge in [0.25, 0.3) is 5.91 Å². The minimum absolute atomic E-state index is 0.0991. The quantitative estimate of drug-likeness (QED) is 0.313. The average Bonchev–Trinajstić information content (AvgIpc) is 3.25. The molecule has 40 heavy (non-hydrogen) atoms. The second-order valence-corrected chi connectivity index (χ2v) is 10.5. The number of nitrogens with zero attached hydrogens (tertiary/aromatic N) is 5. The Labute approximate surface area is 238 Å². The molecule has 0 radical (unpaired) electrons. The third-order valence-electron chi connectivity index (χ3n) is 6.80. The summed E-state index contributed by atoms with van der Waals surface area (Å²) < 4.78 is 5.18. The number of allylic oxidation sites excluding steroid dienone is 1. The maximum absolute atomic E-state index is 13.4. The molecule has 0 aliphatic carbocycles. The van der Waals surface area contributed by atoms with Crippen LogP contribution in [0.15, 0.2) is 51.4 Å². The van der Waals surface area contributed by atoms with E-state index < -0.39 is 18.0 Å². The number of aliphatic imine (C=N–C) groups is 2. The minimum atomic E-state index is -0.789. The summed E-state index contributed by atoms with van der Waals surface area (Å²) in [5.74, 6) is 0.334. The topological polar surface area (TPSA) is 132 Å². The van der Waals surface area contributed by atoms with E-state index in [1.807, 2.05) is 43.3 Å². The van der Waals surface area contributed by atoms with Crippen molar-refractivity contribution < 1.29 is 19.4 Å². The number of carbonyl (C=O) groups excluding carboxylic acids is 2. The van der Waals surface area contributed by atoms with Crippen LogP contribution in [0, 0.1) is 0 Å². The van der Waals surface area contributed by atoms with E-state index in [0.717, 1.165) is 5.56 Å². The van der Waals surface area contributed by atoms with Crippen LogP contribution in [0.25, 0.3) is 5.70 Å². The number of amides is 2. The molecule has 0 spiro atoms. The summed E-state index contributed by atoms with van der Waals surface area (Å²) in [5.41, 5.74) is 2.87. The van der Waals surface area contributed by atoms with Gasteiger partial charge in [0.2, 0.25) is 11.9 Å². The Morgan fingerprint density at radius 2 is 2.08 bits per heavy atom. The fourth-order valence-electron chi connectivity index (χ4n) is 4.37. The van der Waals surface area contributed by atoms with Crippen LogP contribution in [0.1, 0.15) is 47.1 Å². The van der Waals surface area contributed by atoms with Gasteiger partial charge >= 0.3 is 0 Å². The van der Waals surface area contributed by atoms with Gasteiger partial charge in [0, 0.05) is 36.8 Å². The van der Waals surface area contributed by atoms with E-state index in [-0.39, 0.29) is 25.1 Å². The van der Waals surface area contributed by atoms with Crippen LogP contribution < -0.4 is 15.5 Å². The first-order chi connectivity index (χ1) is 19.1. The molecule has 2 amide bonds. The van der Waals surface area contributed by atoms with E-state index in [2.05, 4.69) is 32.3 Å². The number of anilines is 1. The van der Waals surface area contributed by atoms with Crippen molar-refractivity contribution in [3.8, 4) is 0 Å². The van der Waals surface area contributed by atoms with Crippen LogP contribution in [-0.4, -0.2) is 85.5 Å². The number of halogens is 1. The summed E-state index contributed by atoms with van der Waals surface area (Å²) >= 11 is 6.39. The monoisotopic (exact) mass is 567 g/mol. The Hall–Kier alpha value is -3.80. The third-order valence-corrected chi connectivity index (χ3v) is 6.98. The predicted molar refractivity (Wildman–Crippen MR) is 155 cm³/mol. The molecule has 0 bridgehead atoms. The van der Waals surface area contributed by atoms with Crippen molar-refractivity contribution in [3.05, 3.63) is 63.8 Å². The Bertz CT molecular complexity index is 1350. The summed E-state index contributed by atoms with van der Waals surface area (Å²) in [6, 6.07) is 9.39. The smallest absolute Gasteiger partial charge is 0.255 e. The van der Waals surface area contributed by atoms with Crippen molar-refractivity contribution in [1.29, 1.82) is 0 Å². The van der Waals surface area contributed by atoms with Crippen LogP contribution in [0.5, 0.6) is 0 Å². The third kappa shape index (κ3) is 6.33. The summed E-state index contributed by atoms with van der Waals surface area (Å²) in [6.45, 7) is 8.00. The van der Waals surface area contributed by atoms with E-state index in [9.17, 15) is 14.7 Å². The number of fused-ring (bicyclic) bond motifs is 1. The van der Waals surface area contributed by atoms with Crippen LogP contribution in [0.3, 0.4) is 0 Å². The number of hydrogen-bond donors (Lipinski definition) is 3. The highest BCUT2D eigenvalue weighted by Crippen LogP contribution is 2.31. The lowest BCUT2D eigenvalue weighted by Crippen LogP contribution is -2.48. The van der Waals surface area contributed by atoms with Gasteiger partial charge < -0.3 is 30.3 Å². The molecular formula is C28H34ClN7O4. The summed E-state index contributed by atoms with van der Waals surface area (Å²) in [7, 11) is 3.72. The van der Waals surface area contributed by atoms with Gasteiger partial charge in [0.15, 0.2) is 0 Å². The SMILES string of the molecule is C=N/C(=N\C(=C(/C)Cl)c1ccc2c(c1)C(=O)N([C@H](C)C(=O)N[C@H](CO)c1cccc(N(C)C)n1)C2)NC1COC1. The molecule has 2 aliphatic heterocycles. The second kappa shape index (κ2) is 12.6. The van der Waals surface area contributed by atoms with E-state index >= 15 is 0 Å². The van der Waals surface area contributed by atoms with E-state index in [0.29, 0.717) is 52.5 Å². The maximum Gasteiger partial charge on any atom is 0.255 e. The van der Waals surface area contributed by atoms with Gasteiger partial charge in [-0.1, -0.05) is 29.8 Å². The lowest BCUT2D eigenvalue weighted by atomic mass is 10.0. The fraction of sp³-hybridized carbons (Fsp3) is 0.393. The lowest BCUT2D eigenvalue weighted by molar-refractivity contribution is -0.126. The standard InChI is InChI=1S/C28H34ClN7O4/c1-16(29)25(34-28(30-3)31-20-14-40-15-20)18-9-10-19-12-36(27(39)21(19)11-18)17(2)26(38)33-23(13-37)22-7-6-8-24(32-22)35(4)5/h6-11,17,20,23,37H,3,12-15H2,1-2,4-5H3,(H,31,34)(H,33,38)/b25-16+/t17-,23-/m1/s1. The summed E-state index contributed by atoms with van der Waals surface area (Å²) in [4.78, 5) is 43.0. The lowest BCUT2D eigenvalue weighted by Gasteiger charge is -2.27. The molecule has 1 aromatic carbocycles. The zero-order valence-electron chi connectivity index (χ0n) is 23.0. The Morgan fingerprint density at radius 1 is 1.32 bits per heavy atom. The number of guanidine groups is 1. The summed E-state index contributed by atoms with van der Waals surface area (Å²) in [5, 5.41) is 16.4. The number of ether oxygens (including phenoxy) is 1. The van der Waals surface area contributed by atoms with Crippen molar-refractivity contribution in [3.63, 3.8) is 0 Å². The molecule has 3 N–H and O–H groups in total. The molecular weight excluding hydrogens is 534 g/mol. The number of aromatic nitrogens is 1. The van der Waals surface area contributed by atoms with Gasteiger partial charge in [-0.15, -0.1) is 0 Å². The van der Waals surface area contributed by atoms with Gasteiger partial charge in [-0.05, 0) is 44.3 Å². The van der Waals surface area contributed by atoms with Crippen LogP contribution in [0.2, 0.25) is 0 Å². The van der Waals surface area contributed by atoms with Crippen molar-refractivity contribution in [1.82, 2.24) is 20.5 Å². The number of rotatable bonds is 9. The highest BCUT2D eigenvalue weighted by atomic mass is 35.5. The van der Waals surface area contributed by atoms with Crippen molar-refractivity contribution in [2.75, 3.05) is 38.8 Å².